The highest BCUT2D eigenvalue weighted by atomic mass is 32.2. The van der Waals surface area contributed by atoms with E-state index in [4.69, 9.17) is 0 Å². The molecule has 0 bridgehead atoms. The summed E-state index contributed by atoms with van der Waals surface area (Å²) in [5.74, 6) is -1.13. The predicted molar refractivity (Wildman–Crippen MR) is 114 cm³/mol. The Bertz CT molecular complexity index is 1180. The molecule has 0 aliphatic carbocycles. The molecule has 1 atom stereocenters. The predicted octanol–water partition coefficient (Wildman–Crippen LogP) is 4.02. The molecular formula is C23H20F3NO5S. The summed E-state index contributed by atoms with van der Waals surface area (Å²) in [7, 11) is -3.52. The van der Waals surface area contributed by atoms with E-state index in [0.29, 0.717) is 11.1 Å². The molecule has 1 unspecified atom stereocenters. The molecule has 1 amide bonds. The number of rotatable bonds is 8. The fourth-order valence-corrected chi connectivity index (χ4v) is 4.35. The number of hydrogen-bond acceptors (Lipinski definition) is 5. The zero-order valence-corrected chi connectivity index (χ0v) is 17.9. The van der Waals surface area contributed by atoms with E-state index >= 15 is 0 Å². The van der Waals surface area contributed by atoms with Gasteiger partial charge in [-0.25, -0.2) is 8.42 Å². The Hall–Kier alpha value is -3.37. The number of alkyl halides is 3. The minimum atomic E-state index is -4.81. The molecule has 3 aromatic rings. The maximum Gasteiger partial charge on any atom is 0.573 e. The first-order valence-corrected chi connectivity index (χ1v) is 11.4. The van der Waals surface area contributed by atoms with Crippen molar-refractivity contribution in [1.29, 1.82) is 0 Å². The molecule has 10 heteroatoms. The standard InChI is InChI=1S/C23H20F3NO5S/c24-23(25,26)32-19-12-10-17(11-13-19)21(28)14-27-22(29)18-8-6-16(7-9-18)15-33(30,31)20-4-2-1-3-5-20/h1-13,21,28H,14-15H2,(H,27,29). The number of hydrogen-bond donors (Lipinski definition) is 2. The van der Waals surface area contributed by atoms with Crippen LogP contribution in [0.1, 0.15) is 27.6 Å². The number of aliphatic hydroxyl groups is 1. The van der Waals surface area contributed by atoms with Gasteiger partial charge in [0.2, 0.25) is 0 Å². The van der Waals surface area contributed by atoms with Gasteiger partial charge in [0.15, 0.2) is 9.84 Å². The van der Waals surface area contributed by atoms with Gasteiger partial charge in [-0.2, -0.15) is 0 Å². The maximum absolute atomic E-state index is 12.5. The van der Waals surface area contributed by atoms with Crippen molar-refractivity contribution in [3.05, 3.63) is 95.6 Å². The van der Waals surface area contributed by atoms with E-state index in [-0.39, 0.29) is 22.8 Å². The van der Waals surface area contributed by atoms with Crippen LogP contribution < -0.4 is 10.1 Å². The van der Waals surface area contributed by atoms with Crippen molar-refractivity contribution in [3.8, 4) is 5.75 Å². The number of benzene rings is 3. The van der Waals surface area contributed by atoms with Crippen LogP contribution in [0.2, 0.25) is 0 Å². The Morgan fingerprint density at radius 1 is 0.939 bits per heavy atom. The topological polar surface area (TPSA) is 92.7 Å². The second-order valence-corrected chi connectivity index (χ2v) is 9.10. The van der Waals surface area contributed by atoms with E-state index in [2.05, 4.69) is 10.1 Å². The molecule has 3 rings (SSSR count). The normalized spacial score (nSPS) is 12.7. The number of sulfone groups is 1. The van der Waals surface area contributed by atoms with Crippen molar-refractivity contribution in [2.75, 3.05) is 6.54 Å². The second kappa shape index (κ2) is 10.1. The van der Waals surface area contributed by atoms with Crippen LogP contribution in [-0.4, -0.2) is 32.3 Å². The van der Waals surface area contributed by atoms with Gasteiger partial charge in [0.05, 0.1) is 16.8 Å². The van der Waals surface area contributed by atoms with Crippen LogP contribution in [0.25, 0.3) is 0 Å². The highest BCUT2D eigenvalue weighted by Crippen LogP contribution is 2.24. The van der Waals surface area contributed by atoms with Crippen LogP contribution in [0.5, 0.6) is 5.75 Å². The fourth-order valence-electron chi connectivity index (χ4n) is 2.98. The van der Waals surface area contributed by atoms with E-state index in [1.165, 1.54) is 48.5 Å². The first kappa shape index (κ1) is 24.3. The van der Waals surface area contributed by atoms with Crippen molar-refractivity contribution in [3.63, 3.8) is 0 Å². The van der Waals surface area contributed by atoms with E-state index in [9.17, 15) is 31.5 Å². The molecule has 0 aromatic heterocycles. The molecule has 0 fully saturated rings. The molecule has 0 radical (unpaired) electrons. The van der Waals surface area contributed by atoms with Crippen LogP contribution >= 0.6 is 0 Å². The van der Waals surface area contributed by atoms with E-state index in [1.807, 2.05) is 0 Å². The number of carbonyl (C=O) groups is 1. The minimum absolute atomic E-state index is 0.178. The Morgan fingerprint density at radius 3 is 2.12 bits per heavy atom. The van der Waals surface area contributed by atoms with Crippen molar-refractivity contribution in [1.82, 2.24) is 5.32 Å². The monoisotopic (exact) mass is 479 g/mol. The molecule has 174 valence electrons. The SMILES string of the molecule is O=C(NCC(O)c1ccc(OC(F)(F)F)cc1)c1ccc(CS(=O)(=O)c2ccccc2)cc1. The number of aliphatic hydroxyl groups excluding tert-OH is 1. The summed E-state index contributed by atoms with van der Waals surface area (Å²) in [5.41, 5.74) is 1.07. The van der Waals surface area contributed by atoms with E-state index in [0.717, 1.165) is 12.1 Å². The first-order chi connectivity index (χ1) is 15.5. The lowest BCUT2D eigenvalue weighted by Crippen LogP contribution is -2.28. The largest absolute Gasteiger partial charge is 0.573 e. The van der Waals surface area contributed by atoms with Gasteiger partial charge < -0.3 is 15.2 Å². The molecule has 2 N–H and O–H groups in total. The number of nitrogens with one attached hydrogen (secondary N) is 1. The first-order valence-electron chi connectivity index (χ1n) is 9.72. The molecule has 33 heavy (non-hydrogen) atoms. The van der Waals surface area contributed by atoms with E-state index < -0.39 is 34.0 Å². The highest BCUT2D eigenvalue weighted by Gasteiger charge is 2.31. The summed E-state index contributed by atoms with van der Waals surface area (Å²) < 4.78 is 65.3. The highest BCUT2D eigenvalue weighted by molar-refractivity contribution is 7.90. The average molecular weight is 479 g/mol. The number of halogens is 3. The zero-order chi connectivity index (χ0) is 24.1. The van der Waals surface area contributed by atoms with Crippen LogP contribution in [0, 0.1) is 0 Å². The van der Waals surface area contributed by atoms with Gasteiger partial charge in [0.1, 0.15) is 5.75 Å². The maximum atomic E-state index is 12.5. The van der Waals surface area contributed by atoms with Crippen LogP contribution in [0.4, 0.5) is 13.2 Å². The van der Waals surface area contributed by atoms with Crippen LogP contribution in [-0.2, 0) is 15.6 Å². The van der Waals surface area contributed by atoms with Crippen molar-refractivity contribution in [2.24, 2.45) is 0 Å². The molecule has 3 aromatic carbocycles. The molecule has 0 aliphatic rings. The Labute approximate surface area is 188 Å². The second-order valence-electron chi connectivity index (χ2n) is 7.11. The Balaban J connectivity index is 1.55. The molecule has 0 heterocycles. The Kier molecular flexibility index (Phi) is 7.39. The van der Waals surface area contributed by atoms with Crippen molar-refractivity contribution >= 4 is 15.7 Å². The summed E-state index contributed by atoms with van der Waals surface area (Å²) >= 11 is 0. The summed E-state index contributed by atoms with van der Waals surface area (Å²) in [6, 6.07) is 18.7. The summed E-state index contributed by atoms with van der Waals surface area (Å²) in [4.78, 5) is 12.5. The molecule has 0 spiro atoms. The molecule has 0 saturated carbocycles. The lowest BCUT2D eigenvalue weighted by atomic mass is 10.1. The smallest absolute Gasteiger partial charge is 0.406 e. The van der Waals surface area contributed by atoms with Gasteiger partial charge in [-0.1, -0.05) is 42.5 Å². The van der Waals surface area contributed by atoms with Crippen molar-refractivity contribution in [2.45, 2.75) is 23.1 Å². The number of amides is 1. The Morgan fingerprint density at radius 2 is 1.55 bits per heavy atom. The average Bonchev–Trinajstić information content (AvgIpc) is 2.77. The van der Waals surface area contributed by atoms with Crippen molar-refractivity contribution < 1.29 is 36.2 Å². The third kappa shape index (κ3) is 7.06. The van der Waals surface area contributed by atoms with Gasteiger partial charge in [-0.15, -0.1) is 13.2 Å². The van der Waals surface area contributed by atoms with Gasteiger partial charge in [0.25, 0.3) is 5.91 Å². The van der Waals surface area contributed by atoms with E-state index in [1.54, 1.807) is 18.2 Å². The van der Waals surface area contributed by atoms with Gasteiger partial charge in [-0.05, 0) is 47.5 Å². The summed E-state index contributed by atoms with van der Waals surface area (Å²) in [6.07, 6.45) is -5.96. The summed E-state index contributed by atoms with van der Waals surface area (Å²) in [6.45, 7) is -0.178. The lowest BCUT2D eigenvalue weighted by molar-refractivity contribution is -0.274. The van der Waals surface area contributed by atoms with Gasteiger partial charge in [-0.3, -0.25) is 4.79 Å². The van der Waals surface area contributed by atoms with Gasteiger partial charge in [0, 0.05) is 12.1 Å². The summed E-state index contributed by atoms with van der Waals surface area (Å²) in [5, 5.41) is 12.7. The third-order valence-electron chi connectivity index (χ3n) is 4.63. The van der Waals surface area contributed by atoms with Crippen LogP contribution in [0.15, 0.2) is 83.8 Å². The molecule has 6 nitrogen and oxygen atoms in total. The fraction of sp³-hybridized carbons (Fsp3) is 0.174. The quantitative estimate of drug-likeness (QED) is 0.509. The lowest BCUT2D eigenvalue weighted by Gasteiger charge is -2.14. The van der Waals surface area contributed by atoms with Crippen LogP contribution in [0.3, 0.4) is 0 Å². The zero-order valence-electron chi connectivity index (χ0n) is 17.1. The molecule has 0 aliphatic heterocycles. The minimum Gasteiger partial charge on any atom is -0.406 e. The molecule has 0 saturated heterocycles. The third-order valence-corrected chi connectivity index (χ3v) is 6.33. The number of ether oxygens (including phenoxy) is 1. The van der Waals surface area contributed by atoms with Gasteiger partial charge >= 0.3 is 6.36 Å². The number of carbonyl (C=O) groups excluding carboxylic acids is 1. The molecular weight excluding hydrogens is 459 g/mol.